The van der Waals surface area contributed by atoms with Gasteiger partial charge in [-0.1, -0.05) is 6.07 Å². The van der Waals surface area contributed by atoms with Crippen LogP contribution < -0.4 is 15.2 Å². The summed E-state index contributed by atoms with van der Waals surface area (Å²) in [6, 6.07) is 11.6. The standard InChI is InChI=1S/C14H14FNO2/c1-17-13-3-2-4-14(8-13)18-9-10-5-11(15)7-12(16)6-10/h2-8H,9,16H2,1H3. The summed E-state index contributed by atoms with van der Waals surface area (Å²) in [6.07, 6.45) is 0. The van der Waals surface area contributed by atoms with Crippen LogP contribution in [0.25, 0.3) is 0 Å². The van der Waals surface area contributed by atoms with Gasteiger partial charge in [0.05, 0.1) is 7.11 Å². The molecule has 0 aliphatic rings. The van der Waals surface area contributed by atoms with Crippen molar-refractivity contribution in [2.75, 3.05) is 12.8 Å². The highest BCUT2D eigenvalue weighted by Crippen LogP contribution is 2.20. The zero-order valence-corrected chi connectivity index (χ0v) is 10.0. The molecule has 0 spiro atoms. The molecule has 0 aliphatic carbocycles. The summed E-state index contributed by atoms with van der Waals surface area (Å²) in [4.78, 5) is 0. The van der Waals surface area contributed by atoms with Crippen LogP contribution in [0.3, 0.4) is 0 Å². The number of rotatable bonds is 4. The number of hydrogen-bond acceptors (Lipinski definition) is 3. The van der Waals surface area contributed by atoms with Gasteiger partial charge in [-0.25, -0.2) is 4.39 Å². The quantitative estimate of drug-likeness (QED) is 0.845. The molecule has 0 aromatic heterocycles. The minimum Gasteiger partial charge on any atom is -0.497 e. The first-order valence-electron chi connectivity index (χ1n) is 5.49. The number of hydrogen-bond donors (Lipinski definition) is 1. The molecule has 0 bridgehead atoms. The highest BCUT2D eigenvalue weighted by atomic mass is 19.1. The van der Waals surface area contributed by atoms with Crippen LogP contribution in [0.15, 0.2) is 42.5 Å². The van der Waals surface area contributed by atoms with E-state index < -0.39 is 0 Å². The molecule has 4 heteroatoms. The summed E-state index contributed by atoms with van der Waals surface area (Å²) in [6.45, 7) is 0.259. The molecular weight excluding hydrogens is 233 g/mol. The smallest absolute Gasteiger partial charge is 0.125 e. The highest BCUT2D eigenvalue weighted by Gasteiger charge is 2.01. The molecule has 2 aromatic carbocycles. The Morgan fingerprint density at radius 2 is 1.89 bits per heavy atom. The van der Waals surface area contributed by atoms with E-state index >= 15 is 0 Å². The van der Waals surface area contributed by atoms with Crippen molar-refractivity contribution in [3.05, 3.63) is 53.8 Å². The van der Waals surface area contributed by atoms with E-state index in [2.05, 4.69) is 0 Å². The van der Waals surface area contributed by atoms with Gasteiger partial charge in [0.1, 0.15) is 23.9 Å². The number of nitrogens with two attached hydrogens (primary N) is 1. The van der Waals surface area contributed by atoms with Gasteiger partial charge >= 0.3 is 0 Å². The number of benzene rings is 2. The number of nitrogen functional groups attached to an aromatic ring is 1. The second kappa shape index (κ2) is 5.40. The number of ether oxygens (including phenoxy) is 2. The molecule has 0 unspecified atom stereocenters. The van der Waals surface area contributed by atoms with Crippen LogP contribution in [0.4, 0.5) is 10.1 Å². The van der Waals surface area contributed by atoms with Crippen LogP contribution in [0.1, 0.15) is 5.56 Å². The lowest BCUT2D eigenvalue weighted by Gasteiger charge is -2.08. The van der Waals surface area contributed by atoms with E-state index in [0.717, 1.165) is 0 Å². The van der Waals surface area contributed by atoms with Crippen molar-refractivity contribution in [1.82, 2.24) is 0 Å². The molecule has 3 nitrogen and oxygen atoms in total. The molecule has 18 heavy (non-hydrogen) atoms. The van der Waals surface area contributed by atoms with Gasteiger partial charge in [-0.3, -0.25) is 0 Å². The normalized spacial score (nSPS) is 10.1. The fourth-order valence-electron chi connectivity index (χ4n) is 1.62. The highest BCUT2D eigenvalue weighted by molar-refractivity contribution is 5.41. The van der Waals surface area contributed by atoms with Crippen LogP contribution >= 0.6 is 0 Å². The molecule has 2 N–H and O–H groups in total. The maximum Gasteiger partial charge on any atom is 0.125 e. The summed E-state index contributed by atoms with van der Waals surface area (Å²) in [5, 5.41) is 0. The molecule has 2 aromatic rings. The Morgan fingerprint density at radius 1 is 1.11 bits per heavy atom. The zero-order valence-electron chi connectivity index (χ0n) is 10.0. The molecule has 0 radical (unpaired) electrons. The predicted octanol–water partition coefficient (Wildman–Crippen LogP) is 3.00. The van der Waals surface area contributed by atoms with Gasteiger partial charge in [0, 0.05) is 11.8 Å². The van der Waals surface area contributed by atoms with Gasteiger partial charge in [0.15, 0.2) is 0 Å². The number of anilines is 1. The van der Waals surface area contributed by atoms with E-state index in [1.807, 2.05) is 18.2 Å². The lowest BCUT2D eigenvalue weighted by molar-refractivity contribution is 0.303. The van der Waals surface area contributed by atoms with E-state index in [1.165, 1.54) is 12.1 Å². The summed E-state index contributed by atoms with van der Waals surface area (Å²) in [7, 11) is 1.59. The van der Waals surface area contributed by atoms with Crippen molar-refractivity contribution in [3.8, 4) is 11.5 Å². The predicted molar refractivity (Wildman–Crippen MR) is 68.1 cm³/mol. The van der Waals surface area contributed by atoms with Gasteiger partial charge in [-0.2, -0.15) is 0 Å². The summed E-state index contributed by atoms with van der Waals surface area (Å²) in [5.41, 5.74) is 6.64. The van der Waals surface area contributed by atoms with Gasteiger partial charge < -0.3 is 15.2 Å². The van der Waals surface area contributed by atoms with E-state index in [0.29, 0.717) is 22.7 Å². The van der Waals surface area contributed by atoms with Crippen LogP contribution in [-0.4, -0.2) is 7.11 Å². The average Bonchev–Trinajstić information content (AvgIpc) is 2.35. The van der Waals surface area contributed by atoms with Crippen molar-refractivity contribution in [2.24, 2.45) is 0 Å². The van der Waals surface area contributed by atoms with Gasteiger partial charge in [0.2, 0.25) is 0 Å². The van der Waals surface area contributed by atoms with Gasteiger partial charge in [0.25, 0.3) is 0 Å². The fourth-order valence-corrected chi connectivity index (χ4v) is 1.62. The van der Waals surface area contributed by atoms with Crippen molar-refractivity contribution in [2.45, 2.75) is 6.61 Å². The van der Waals surface area contributed by atoms with Crippen LogP contribution in [-0.2, 0) is 6.61 Å². The topological polar surface area (TPSA) is 44.5 Å². The third-order valence-electron chi connectivity index (χ3n) is 2.43. The number of halogens is 1. The first kappa shape index (κ1) is 12.2. The third kappa shape index (κ3) is 3.13. The second-order valence-electron chi connectivity index (χ2n) is 3.86. The molecular formula is C14H14FNO2. The Balaban J connectivity index is 2.06. The van der Waals surface area contributed by atoms with Crippen LogP contribution in [0.5, 0.6) is 11.5 Å². The Hall–Kier alpha value is -2.23. The summed E-state index contributed by atoms with van der Waals surface area (Å²) < 4.78 is 23.7. The first-order valence-corrected chi connectivity index (χ1v) is 5.49. The lowest BCUT2D eigenvalue weighted by atomic mass is 10.2. The first-order chi connectivity index (χ1) is 8.67. The monoisotopic (exact) mass is 247 g/mol. The van der Waals surface area contributed by atoms with E-state index in [4.69, 9.17) is 15.2 Å². The molecule has 94 valence electrons. The molecule has 0 aliphatic heterocycles. The molecule has 0 heterocycles. The SMILES string of the molecule is COc1cccc(OCc2cc(N)cc(F)c2)c1. The van der Waals surface area contributed by atoms with Crippen molar-refractivity contribution in [3.63, 3.8) is 0 Å². The summed E-state index contributed by atoms with van der Waals surface area (Å²) >= 11 is 0. The molecule has 2 rings (SSSR count). The molecule has 0 atom stereocenters. The van der Waals surface area contributed by atoms with Gasteiger partial charge in [-0.05, 0) is 35.9 Å². The minimum atomic E-state index is -0.362. The van der Waals surface area contributed by atoms with Crippen molar-refractivity contribution >= 4 is 5.69 Å². The van der Waals surface area contributed by atoms with Crippen LogP contribution in [0.2, 0.25) is 0 Å². The maximum atomic E-state index is 13.1. The Labute approximate surface area is 105 Å². The molecule has 0 fully saturated rings. The zero-order chi connectivity index (χ0) is 13.0. The van der Waals surface area contributed by atoms with Gasteiger partial charge in [-0.15, -0.1) is 0 Å². The lowest BCUT2D eigenvalue weighted by Crippen LogP contribution is -1.98. The maximum absolute atomic E-state index is 13.1. The molecule has 0 saturated carbocycles. The second-order valence-corrected chi connectivity index (χ2v) is 3.86. The van der Waals surface area contributed by atoms with E-state index in [1.54, 1.807) is 19.2 Å². The molecule has 0 amide bonds. The van der Waals surface area contributed by atoms with Crippen molar-refractivity contribution in [1.29, 1.82) is 0 Å². The van der Waals surface area contributed by atoms with E-state index in [9.17, 15) is 4.39 Å². The largest absolute Gasteiger partial charge is 0.497 e. The summed E-state index contributed by atoms with van der Waals surface area (Å²) in [5.74, 6) is 1.02. The van der Waals surface area contributed by atoms with E-state index in [-0.39, 0.29) is 12.4 Å². The van der Waals surface area contributed by atoms with Crippen LogP contribution in [0, 0.1) is 5.82 Å². The minimum absolute atomic E-state index is 0.259. The number of methoxy groups -OCH3 is 1. The Kier molecular flexibility index (Phi) is 3.67. The van der Waals surface area contributed by atoms with Crippen molar-refractivity contribution < 1.29 is 13.9 Å². The third-order valence-corrected chi connectivity index (χ3v) is 2.43. The fraction of sp³-hybridized carbons (Fsp3) is 0.143. The average molecular weight is 247 g/mol. The Morgan fingerprint density at radius 3 is 2.61 bits per heavy atom. The Bertz CT molecular complexity index is 523. The molecule has 0 saturated heterocycles.